The Kier molecular flexibility index (Phi) is 4.92. The van der Waals surface area contributed by atoms with Crippen LogP contribution in [0.4, 0.5) is 0 Å². The summed E-state index contributed by atoms with van der Waals surface area (Å²) in [5.41, 5.74) is 0. The van der Waals surface area contributed by atoms with Crippen molar-refractivity contribution in [3.8, 4) is 0 Å². The summed E-state index contributed by atoms with van der Waals surface area (Å²) in [7, 11) is 0. The van der Waals surface area contributed by atoms with Crippen molar-refractivity contribution >= 4 is 11.8 Å². The third-order valence-corrected chi connectivity index (χ3v) is 2.83. The fraction of sp³-hybridized carbons (Fsp3) is 0.750. The van der Waals surface area contributed by atoms with Crippen LogP contribution in [0.3, 0.4) is 0 Å². The first-order valence-electron chi connectivity index (χ1n) is 4.51. The first-order chi connectivity index (χ1) is 6.77. The molecule has 0 fully saturated rings. The molecule has 1 aromatic heterocycles. The molecule has 6 heteroatoms. The summed E-state index contributed by atoms with van der Waals surface area (Å²) < 4.78 is 1.82. The van der Waals surface area contributed by atoms with Gasteiger partial charge in [-0.3, -0.25) is 0 Å². The molecule has 0 aliphatic carbocycles. The maximum absolute atomic E-state index is 9.10. The van der Waals surface area contributed by atoms with Crippen LogP contribution in [0.25, 0.3) is 0 Å². The van der Waals surface area contributed by atoms with Gasteiger partial charge in [0.15, 0.2) is 0 Å². The number of thioether (sulfide) groups is 1. The number of aryl methyl sites for hydroxylation is 1. The lowest BCUT2D eigenvalue weighted by Crippen LogP contribution is -2.15. The van der Waals surface area contributed by atoms with Crippen molar-refractivity contribution in [2.45, 2.75) is 25.3 Å². The van der Waals surface area contributed by atoms with Gasteiger partial charge in [-0.25, -0.2) is 9.67 Å². The summed E-state index contributed by atoms with van der Waals surface area (Å²) >= 11 is 1.54. The van der Waals surface area contributed by atoms with Crippen molar-refractivity contribution in [2.75, 3.05) is 12.4 Å². The summed E-state index contributed by atoms with van der Waals surface area (Å²) in [6, 6.07) is 0. The summed E-state index contributed by atoms with van der Waals surface area (Å²) in [5.74, 6) is 2.14. The number of hydrogen-bond acceptors (Lipinski definition) is 5. The highest BCUT2D eigenvalue weighted by Crippen LogP contribution is 2.10. The van der Waals surface area contributed by atoms with E-state index in [1.165, 1.54) is 18.1 Å². The van der Waals surface area contributed by atoms with Crippen molar-refractivity contribution in [3.05, 3.63) is 12.2 Å². The second-order valence-electron chi connectivity index (χ2n) is 2.84. The number of nitrogens with zero attached hydrogens (tertiary/aromatic N) is 3. The molecule has 0 aromatic carbocycles. The van der Waals surface area contributed by atoms with Crippen LogP contribution in [-0.4, -0.2) is 43.4 Å². The number of hydrogen-bond donors (Lipinski definition) is 2. The maximum atomic E-state index is 9.10. The molecule has 1 atom stereocenters. The highest BCUT2D eigenvalue weighted by Gasteiger charge is 2.05. The Morgan fingerprint density at radius 3 is 3.07 bits per heavy atom. The molecule has 1 aromatic rings. The molecular formula is C8H15N3O2S. The molecule has 0 aliphatic heterocycles. The van der Waals surface area contributed by atoms with Gasteiger partial charge >= 0.3 is 0 Å². The minimum absolute atomic E-state index is 0.187. The predicted octanol–water partition coefficient (Wildman–Crippen LogP) is -0.116. The van der Waals surface area contributed by atoms with Gasteiger partial charge in [-0.05, 0) is 6.92 Å². The zero-order valence-corrected chi connectivity index (χ0v) is 8.94. The molecule has 0 spiro atoms. The van der Waals surface area contributed by atoms with Crippen LogP contribution in [-0.2, 0) is 12.3 Å². The van der Waals surface area contributed by atoms with Crippen LogP contribution in [0, 0.1) is 0 Å². The van der Waals surface area contributed by atoms with E-state index in [1.54, 1.807) is 0 Å². The zero-order chi connectivity index (χ0) is 10.4. The minimum atomic E-state index is -0.641. The number of aliphatic hydroxyl groups is 2. The first-order valence-corrected chi connectivity index (χ1v) is 5.66. The van der Waals surface area contributed by atoms with Crippen molar-refractivity contribution < 1.29 is 10.2 Å². The summed E-state index contributed by atoms with van der Waals surface area (Å²) in [5, 5.41) is 21.7. The average molecular weight is 217 g/mol. The Labute approximate surface area is 87.2 Å². The largest absolute Gasteiger partial charge is 0.394 e. The highest BCUT2D eigenvalue weighted by molar-refractivity contribution is 7.98. The van der Waals surface area contributed by atoms with Gasteiger partial charge < -0.3 is 10.2 Å². The summed E-state index contributed by atoms with van der Waals surface area (Å²) in [6.45, 7) is 2.62. The first kappa shape index (κ1) is 11.5. The van der Waals surface area contributed by atoms with E-state index >= 15 is 0 Å². The maximum Gasteiger partial charge on any atom is 0.138 e. The van der Waals surface area contributed by atoms with E-state index in [0.717, 1.165) is 12.4 Å². The molecule has 0 radical (unpaired) electrons. The second kappa shape index (κ2) is 6.00. The van der Waals surface area contributed by atoms with Crippen LogP contribution in [0.5, 0.6) is 0 Å². The SMILES string of the molecule is CCn1ncnc1CSCC(O)CO. The van der Waals surface area contributed by atoms with E-state index in [1.807, 2.05) is 11.6 Å². The molecule has 2 N–H and O–H groups in total. The predicted molar refractivity (Wildman–Crippen MR) is 55.0 cm³/mol. The monoisotopic (exact) mass is 217 g/mol. The quantitative estimate of drug-likeness (QED) is 0.695. The van der Waals surface area contributed by atoms with Crippen molar-refractivity contribution in [2.24, 2.45) is 0 Å². The molecule has 0 saturated heterocycles. The standard InChI is InChI=1S/C8H15N3O2S/c1-2-11-8(9-6-10-11)5-14-4-7(13)3-12/h6-7,12-13H,2-5H2,1H3. The molecule has 80 valence electrons. The van der Waals surface area contributed by atoms with E-state index < -0.39 is 6.10 Å². The van der Waals surface area contributed by atoms with Gasteiger partial charge in [-0.1, -0.05) is 0 Å². The fourth-order valence-corrected chi connectivity index (χ4v) is 1.90. The third-order valence-electron chi connectivity index (χ3n) is 1.75. The van der Waals surface area contributed by atoms with Crippen LogP contribution < -0.4 is 0 Å². The molecule has 1 unspecified atom stereocenters. The second-order valence-corrected chi connectivity index (χ2v) is 3.87. The smallest absolute Gasteiger partial charge is 0.138 e. The Bertz CT molecular complexity index is 267. The summed E-state index contributed by atoms with van der Waals surface area (Å²) in [4.78, 5) is 4.10. The topological polar surface area (TPSA) is 71.2 Å². The van der Waals surface area contributed by atoms with Crippen molar-refractivity contribution in [1.29, 1.82) is 0 Å². The third kappa shape index (κ3) is 3.28. The Hall–Kier alpha value is -0.590. The van der Waals surface area contributed by atoms with E-state index in [2.05, 4.69) is 10.1 Å². The molecule has 0 amide bonds. The van der Waals surface area contributed by atoms with Crippen LogP contribution in [0.15, 0.2) is 6.33 Å². The lowest BCUT2D eigenvalue weighted by molar-refractivity contribution is 0.113. The van der Waals surface area contributed by atoms with E-state index in [-0.39, 0.29) is 6.61 Å². The molecule has 0 aliphatic rings. The van der Waals surface area contributed by atoms with Gasteiger partial charge in [0, 0.05) is 12.3 Å². The van der Waals surface area contributed by atoms with Gasteiger partial charge in [0.05, 0.1) is 18.5 Å². The van der Waals surface area contributed by atoms with Crippen LogP contribution in [0.2, 0.25) is 0 Å². The van der Waals surface area contributed by atoms with Gasteiger partial charge in [-0.15, -0.1) is 0 Å². The van der Waals surface area contributed by atoms with E-state index in [0.29, 0.717) is 11.5 Å². The number of aromatic nitrogens is 3. The average Bonchev–Trinajstić information content (AvgIpc) is 2.65. The number of rotatable bonds is 6. The molecule has 1 heterocycles. The number of aliphatic hydroxyl groups excluding tert-OH is 2. The normalized spacial score (nSPS) is 13.1. The fourth-order valence-electron chi connectivity index (χ4n) is 1.00. The summed E-state index contributed by atoms with van der Waals surface area (Å²) in [6.07, 6.45) is 0.889. The minimum Gasteiger partial charge on any atom is -0.394 e. The van der Waals surface area contributed by atoms with E-state index in [4.69, 9.17) is 10.2 Å². The molecule has 0 bridgehead atoms. The Morgan fingerprint density at radius 2 is 2.43 bits per heavy atom. The zero-order valence-electron chi connectivity index (χ0n) is 8.13. The lowest BCUT2D eigenvalue weighted by atomic mass is 10.4. The molecule has 0 saturated carbocycles. The van der Waals surface area contributed by atoms with E-state index in [9.17, 15) is 0 Å². The molecular weight excluding hydrogens is 202 g/mol. The Morgan fingerprint density at radius 1 is 1.64 bits per heavy atom. The van der Waals surface area contributed by atoms with Gasteiger partial charge in [-0.2, -0.15) is 16.9 Å². The van der Waals surface area contributed by atoms with Crippen molar-refractivity contribution in [3.63, 3.8) is 0 Å². The van der Waals surface area contributed by atoms with Crippen LogP contribution in [0.1, 0.15) is 12.7 Å². The van der Waals surface area contributed by atoms with Gasteiger partial charge in [0.1, 0.15) is 12.2 Å². The molecule has 14 heavy (non-hydrogen) atoms. The van der Waals surface area contributed by atoms with Gasteiger partial charge in [0.2, 0.25) is 0 Å². The lowest BCUT2D eigenvalue weighted by Gasteiger charge is -2.06. The molecule has 5 nitrogen and oxygen atoms in total. The van der Waals surface area contributed by atoms with Crippen molar-refractivity contribution in [1.82, 2.24) is 14.8 Å². The van der Waals surface area contributed by atoms with Crippen LogP contribution >= 0.6 is 11.8 Å². The highest BCUT2D eigenvalue weighted by atomic mass is 32.2. The van der Waals surface area contributed by atoms with Gasteiger partial charge in [0.25, 0.3) is 0 Å². The Balaban J connectivity index is 2.31. The molecule has 1 rings (SSSR count).